The van der Waals surface area contributed by atoms with Crippen molar-refractivity contribution in [3.8, 4) is 5.75 Å². The molecule has 0 atom stereocenters. The first-order chi connectivity index (χ1) is 7.79. The van der Waals surface area contributed by atoms with Crippen LogP contribution in [0.1, 0.15) is 6.92 Å². The molecule has 3 heteroatoms. The fourth-order valence-corrected chi connectivity index (χ4v) is 1.28. The number of hydrogen-bond acceptors (Lipinski definition) is 3. The lowest BCUT2D eigenvalue weighted by Crippen LogP contribution is -1.80. The molecule has 0 aliphatic rings. The zero-order valence-corrected chi connectivity index (χ0v) is 9.09. The van der Waals surface area contributed by atoms with E-state index < -0.39 is 0 Å². The molecule has 0 saturated heterocycles. The molecule has 0 fully saturated rings. The minimum atomic E-state index is 0.350. The van der Waals surface area contributed by atoms with Gasteiger partial charge < -0.3 is 9.84 Å². The van der Waals surface area contributed by atoms with E-state index in [1.807, 2.05) is 36.4 Å². The number of carbonyl (C=O) groups is 1. The molecule has 3 nitrogen and oxygen atoms in total. The van der Waals surface area contributed by atoms with Crippen LogP contribution in [0.4, 0.5) is 0 Å². The molecule has 16 heavy (non-hydrogen) atoms. The Balaban J connectivity index is 0.000000221. The van der Waals surface area contributed by atoms with E-state index in [1.165, 1.54) is 0 Å². The highest BCUT2D eigenvalue weighted by Crippen LogP contribution is 2.22. The van der Waals surface area contributed by atoms with Crippen molar-refractivity contribution < 1.29 is 14.6 Å². The average Bonchev–Trinajstić information content (AvgIpc) is 2.32. The highest BCUT2D eigenvalue weighted by atomic mass is 16.5. The van der Waals surface area contributed by atoms with Crippen LogP contribution in [0, 0.1) is 0 Å². The van der Waals surface area contributed by atoms with Crippen LogP contribution in [-0.4, -0.2) is 18.2 Å². The summed E-state index contributed by atoms with van der Waals surface area (Å²) in [7, 11) is 0. The van der Waals surface area contributed by atoms with Crippen molar-refractivity contribution in [3.05, 3.63) is 42.5 Å². The number of benzene rings is 2. The predicted molar refractivity (Wildman–Crippen MR) is 63.3 cm³/mol. The van der Waals surface area contributed by atoms with Gasteiger partial charge in [-0.2, -0.15) is 0 Å². The average molecular weight is 218 g/mol. The summed E-state index contributed by atoms with van der Waals surface area (Å²) in [5.41, 5.74) is 0. The predicted octanol–water partition coefficient (Wildman–Crippen LogP) is 2.72. The zero-order chi connectivity index (χ0) is 11.8. The number of phenolic OH excluding ortho intramolecular Hbond substituents is 1. The van der Waals surface area contributed by atoms with Crippen LogP contribution in [-0.2, 0) is 9.53 Å². The molecule has 0 amide bonds. The van der Waals surface area contributed by atoms with E-state index in [-0.39, 0.29) is 0 Å². The van der Waals surface area contributed by atoms with Crippen LogP contribution < -0.4 is 0 Å². The number of rotatable bonds is 2. The van der Waals surface area contributed by atoms with E-state index in [4.69, 9.17) is 0 Å². The summed E-state index contributed by atoms with van der Waals surface area (Å²) in [6.07, 6.45) is 0. The number of phenols is 1. The van der Waals surface area contributed by atoms with Gasteiger partial charge in [0.25, 0.3) is 6.47 Å². The smallest absolute Gasteiger partial charge is 0.293 e. The quantitative estimate of drug-likeness (QED) is 0.788. The highest BCUT2D eigenvalue weighted by Gasteiger charge is 1.94. The topological polar surface area (TPSA) is 46.5 Å². The number of fused-ring (bicyclic) bond motifs is 1. The van der Waals surface area contributed by atoms with Gasteiger partial charge in [0.1, 0.15) is 5.75 Å². The maximum absolute atomic E-state index is 9.37. The van der Waals surface area contributed by atoms with Gasteiger partial charge in [-0.05, 0) is 18.4 Å². The molecule has 0 saturated carbocycles. The number of hydrogen-bond donors (Lipinski definition) is 1. The van der Waals surface area contributed by atoms with E-state index in [1.54, 1.807) is 13.0 Å². The first-order valence-corrected chi connectivity index (χ1v) is 5.01. The Labute approximate surface area is 94.3 Å². The highest BCUT2D eigenvalue weighted by molar-refractivity contribution is 5.87. The van der Waals surface area contributed by atoms with Gasteiger partial charge in [0.05, 0.1) is 6.61 Å². The fourth-order valence-electron chi connectivity index (χ4n) is 1.28. The first kappa shape index (κ1) is 12.0. The molecule has 0 unspecified atom stereocenters. The second kappa shape index (κ2) is 6.45. The summed E-state index contributed by atoms with van der Waals surface area (Å²) in [6.45, 7) is 2.66. The van der Waals surface area contributed by atoms with E-state index in [2.05, 4.69) is 4.74 Å². The molecule has 2 aromatic carbocycles. The van der Waals surface area contributed by atoms with Gasteiger partial charge in [-0.1, -0.05) is 36.4 Å². The molecule has 0 aliphatic heterocycles. The molecule has 0 aromatic heterocycles. The Morgan fingerprint density at radius 1 is 1.19 bits per heavy atom. The molecule has 0 spiro atoms. The summed E-state index contributed by atoms with van der Waals surface area (Å²) < 4.78 is 4.15. The summed E-state index contributed by atoms with van der Waals surface area (Å²) in [5.74, 6) is 0.350. The Morgan fingerprint density at radius 2 is 1.88 bits per heavy atom. The Kier molecular flexibility index (Phi) is 4.86. The summed E-state index contributed by atoms with van der Waals surface area (Å²) in [6, 6.07) is 13.3. The first-order valence-electron chi connectivity index (χ1n) is 5.01. The lowest BCUT2D eigenvalue weighted by atomic mass is 10.1. The minimum Gasteiger partial charge on any atom is -0.507 e. The van der Waals surface area contributed by atoms with Crippen molar-refractivity contribution in [2.24, 2.45) is 0 Å². The third-order valence-electron chi connectivity index (χ3n) is 2.00. The van der Waals surface area contributed by atoms with Crippen LogP contribution in [0.3, 0.4) is 0 Å². The maximum atomic E-state index is 9.37. The summed E-state index contributed by atoms with van der Waals surface area (Å²) in [4.78, 5) is 9.18. The van der Waals surface area contributed by atoms with E-state index in [0.29, 0.717) is 18.8 Å². The molecular weight excluding hydrogens is 204 g/mol. The van der Waals surface area contributed by atoms with Crippen LogP contribution in [0.2, 0.25) is 0 Å². The van der Waals surface area contributed by atoms with Crippen LogP contribution in [0.15, 0.2) is 42.5 Å². The molecule has 0 heterocycles. The minimum absolute atomic E-state index is 0.350. The molecule has 0 radical (unpaired) electrons. The third kappa shape index (κ3) is 3.28. The molecule has 2 rings (SSSR count). The number of aromatic hydroxyl groups is 1. The van der Waals surface area contributed by atoms with Gasteiger partial charge in [-0.25, -0.2) is 0 Å². The third-order valence-corrected chi connectivity index (χ3v) is 2.00. The Bertz CT molecular complexity index is 446. The standard InChI is InChI=1S/C10H8O.C3H6O2/c11-10-7-3-5-8-4-1-2-6-9(8)10;1-2-5-3-4/h1-7,11H;3H,2H2,1H3. The Morgan fingerprint density at radius 3 is 2.44 bits per heavy atom. The maximum Gasteiger partial charge on any atom is 0.293 e. The Hall–Kier alpha value is -2.03. The lowest BCUT2D eigenvalue weighted by molar-refractivity contribution is -0.128. The van der Waals surface area contributed by atoms with Crippen LogP contribution in [0.5, 0.6) is 5.75 Å². The van der Waals surface area contributed by atoms with Gasteiger partial charge in [-0.3, -0.25) is 4.79 Å². The zero-order valence-electron chi connectivity index (χ0n) is 9.09. The van der Waals surface area contributed by atoms with Crippen molar-refractivity contribution in [3.63, 3.8) is 0 Å². The van der Waals surface area contributed by atoms with Gasteiger partial charge >= 0.3 is 0 Å². The second-order valence-electron chi connectivity index (χ2n) is 3.05. The van der Waals surface area contributed by atoms with Crippen molar-refractivity contribution in [2.75, 3.05) is 6.61 Å². The van der Waals surface area contributed by atoms with Crippen LogP contribution >= 0.6 is 0 Å². The summed E-state index contributed by atoms with van der Waals surface area (Å²) >= 11 is 0. The molecule has 2 aromatic rings. The fraction of sp³-hybridized carbons (Fsp3) is 0.154. The molecule has 0 aliphatic carbocycles. The number of ether oxygens (including phenoxy) is 1. The second-order valence-corrected chi connectivity index (χ2v) is 3.05. The van der Waals surface area contributed by atoms with Gasteiger partial charge in [0.15, 0.2) is 0 Å². The van der Waals surface area contributed by atoms with Gasteiger partial charge in [0.2, 0.25) is 0 Å². The van der Waals surface area contributed by atoms with Crippen molar-refractivity contribution >= 4 is 17.2 Å². The normalized spacial score (nSPS) is 9.06. The SMILES string of the molecule is CCOC=O.Oc1cccc2ccccc12. The summed E-state index contributed by atoms with van der Waals surface area (Å²) in [5, 5.41) is 11.4. The monoisotopic (exact) mass is 218 g/mol. The van der Waals surface area contributed by atoms with Crippen LogP contribution in [0.25, 0.3) is 10.8 Å². The van der Waals surface area contributed by atoms with Gasteiger partial charge in [-0.15, -0.1) is 0 Å². The van der Waals surface area contributed by atoms with E-state index in [9.17, 15) is 9.90 Å². The lowest BCUT2D eigenvalue weighted by Gasteiger charge is -1.97. The molecule has 1 N–H and O–H groups in total. The molecule has 0 bridgehead atoms. The molecule has 84 valence electrons. The van der Waals surface area contributed by atoms with E-state index >= 15 is 0 Å². The van der Waals surface area contributed by atoms with Crippen molar-refractivity contribution in [2.45, 2.75) is 6.92 Å². The van der Waals surface area contributed by atoms with E-state index in [0.717, 1.165) is 10.8 Å². The number of carbonyl (C=O) groups excluding carboxylic acids is 1. The molecular formula is C13H14O3. The van der Waals surface area contributed by atoms with Crippen molar-refractivity contribution in [1.82, 2.24) is 0 Å². The largest absolute Gasteiger partial charge is 0.507 e. The van der Waals surface area contributed by atoms with Gasteiger partial charge in [0, 0.05) is 5.39 Å². The van der Waals surface area contributed by atoms with Crippen molar-refractivity contribution in [1.29, 1.82) is 0 Å².